The second kappa shape index (κ2) is 4.37. The highest BCUT2D eigenvalue weighted by Crippen LogP contribution is 2.31. The van der Waals surface area contributed by atoms with Crippen LogP contribution in [0, 0.1) is 5.82 Å². The van der Waals surface area contributed by atoms with Crippen molar-refractivity contribution >= 4 is 10.9 Å². The van der Waals surface area contributed by atoms with Crippen molar-refractivity contribution < 1.29 is 9.50 Å². The lowest BCUT2D eigenvalue weighted by atomic mass is 9.99. The maximum Gasteiger partial charge on any atom is 0.125 e. The number of hydrogen-bond donors (Lipinski definition) is 2. The molecule has 1 heterocycles. The minimum Gasteiger partial charge on any atom is -0.384 e. The van der Waals surface area contributed by atoms with Crippen LogP contribution in [0.2, 0.25) is 0 Å². The SMILES string of the molecule is CN(C)Cc1c(C(C)(C)O)[nH]c2cc(F)ccc12. The first-order valence-electron chi connectivity index (χ1n) is 5.96. The van der Waals surface area contributed by atoms with E-state index in [-0.39, 0.29) is 5.82 Å². The van der Waals surface area contributed by atoms with E-state index < -0.39 is 5.60 Å². The van der Waals surface area contributed by atoms with Crippen LogP contribution in [0.1, 0.15) is 25.1 Å². The van der Waals surface area contributed by atoms with Crippen LogP contribution in [-0.2, 0) is 12.1 Å². The van der Waals surface area contributed by atoms with Crippen molar-refractivity contribution in [2.45, 2.75) is 26.0 Å². The molecule has 3 nitrogen and oxygen atoms in total. The first kappa shape index (κ1) is 13.1. The van der Waals surface area contributed by atoms with Crippen LogP contribution >= 0.6 is 0 Å². The fourth-order valence-electron chi connectivity index (χ4n) is 2.23. The summed E-state index contributed by atoms with van der Waals surface area (Å²) in [6.45, 7) is 4.16. The Bertz CT molecular complexity index is 567. The molecule has 0 fully saturated rings. The van der Waals surface area contributed by atoms with Gasteiger partial charge in [-0.3, -0.25) is 0 Å². The quantitative estimate of drug-likeness (QED) is 0.879. The standard InChI is InChI=1S/C14H19FN2O/c1-14(2,18)13-11(8-17(3)4)10-6-5-9(15)7-12(10)16-13/h5-7,16,18H,8H2,1-4H3. The van der Waals surface area contributed by atoms with E-state index in [0.717, 1.165) is 22.2 Å². The van der Waals surface area contributed by atoms with Gasteiger partial charge >= 0.3 is 0 Å². The van der Waals surface area contributed by atoms with E-state index >= 15 is 0 Å². The summed E-state index contributed by atoms with van der Waals surface area (Å²) >= 11 is 0. The molecule has 18 heavy (non-hydrogen) atoms. The molecule has 1 aromatic carbocycles. The number of hydrogen-bond acceptors (Lipinski definition) is 2. The van der Waals surface area contributed by atoms with E-state index in [1.807, 2.05) is 19.0 Å². The van der Waals surface area contributed by atoms with E-state index in [4.69, 9.17) is 0 Å². The van der Waals surface area contributed by atoms with Crippen LogP contribution in [0.25, 0.3) is 10.9 Å². The second-order valence-electron chi connectivity index (χ2n) is 5.47. The average Bonchev–Trinajstić information content (AvgIpc) is 2.55. The van der Waals surface area contributed by atoms with E-state index in [2.05, 4.69) is 4.98 Å². The normalized spacial score (nSPS) is 12.6. The highest BCUT2D eigenvalue weighted by Gasteiger charge is 2.24. The van der Waals surface area contributed by atoms with Gasteiger partial charge in [0, 0.05) is 17.4 Å². The Morgan fingerprint density at radius 2 is 2.00 bits per heavy atom. The number of rotatable bonds is 3. The molecule has 0 aliphatic rings. The Labute approximate surface area is 106 Å². The Kier molecular flexibility index (Phi) is 3.17. The summed E-state index contributed by atoms with van der Waals surface area (Å²) < 4.78 is 13.2. The fraction of sp³-hybridized carbons (Fsp3) is 0.429. The van der Waals surface area contributed by atoms with E-state index in [0.29, 0.717) is 6.54 Å². The monoisotopic (exact) mass is 250 g/mol. The lowest BCUT2D eigenvalue weighted by molar-refractivity contribution is 0.0731. The smallest absolute Gasteiger partial charge is 0.125 e. The summed E-state index contributed by atoms with van der Waals surface area (Å²) in [6.07, 6.45) is 0. The summed E-state index contributed by atoms with van der Waals surface area (Å²) in [5, 5.41) is 11.2. The highest BCUT2D eigenvalue weighted by molar-refractivity contribution is 5.85. The van der Waals surface area contributed by atoms with E-state index in [9.17, 15) is 9.50 Å². The molecule has 98 valence electrons. The van der Waals surface area contributed by atoms with Gasteiger partial charge in [0.2, 0.25) is 0 Å². The molecular formula is C14H19FN2O. The molecule has 0 saturated carbocycles. The van der Waals surface area contributed by atoms with Gasteiger partial charge in [0.1, 0.15) is 5.82 Å². The minimum absolute atomic E-state index is 0.276. The highest BCUT2D eigenvalue weighted by atomic mass is 19.1. The molecular weight excluding hydrogens is 231 g/mol. The molecule has 0 bridgehead atoms. The lowest BCUT2D eigenvalue weighted by Crippen LogP contribution is -2.21. The summed E-state index contributed by atoms with van der Waals surface area (Å²) in [7, 11) is 3.94. The van der Waals surface area contributed by atoms with Gasteiger partial charge < -0.3 is 15.0 Å². The molecule has 0 atom stereocenters. The number of nitrogens with one attached hydrogen (secondary N) is 1. The third-order valence-corrected chi connectivity index (χ3v) is 2.95. The maximum atomic E-state index is 13.2. The Balaban J connectivity index is 2.68. The summed E-state index contributed by atoms with van der Waals surface area (Å²) in [5.41, 5.74) is 1.52. The Morgan fingerprint density at radius 1 is 1.33 bits per heavy atom. The van der Waals surface area contributed by atoms with Crippen LogP contribution in [0.15, 0.2) is 18.2 Å². The summed E-state index contributed by atoms with van der Waals surface area (Å²) in [4.78, 5) is 5.16. The van der Waals surface area contributed by atoms with Crippen LogP contribution in [-0.4, -0.2) is 29.1 Å². The minimum atomic E-state index is -0.971. The molecule has 0 spiro atoms. The van der Waals surface area contributed by atoms with Crippen molar-refractivity contribution in [3.63, 3.8) is 0 Å². The first-order valence-corrected chi connectivity index (χ1v) is 5.96. The third-order valence-electron chi connectivity index (χ3n) is 2.95. The topological polar surface area (TPSA) is 39.3 Å². The number of aromatic amines is 1. The zero-order valence-corrected chi connectivity index (χ0v) is 11.2. The zero-order chi connectivity index (χ0) is 13.5. The molecule has 0 saturated heterocycles. The molecule has 0 unspecified atom stereocenters. The first-order chi connectivity index (χ1) is 8.29. The molecule has 0 aliphatic heterocycles. The summed E-state index contributed by atoms with van der Waals surface area (Å²) in [6, 6.07) is 4.67. The van der Waals surface area contributed by atoms with Gasteiger partial charge in [-0.2, -0.15) is 0 Å². The van der Waals surface area contributed by atoms with Crippen LogP contribution < -0.4 is 0 Å². The van der Waals surface area contributed by atoms with Gasteiger partial charge in [-0.25, -0.2) is 4.39 Å². The van der Waals surface area contributed by atoms with Crippen molar-refractivity contribution in [2.24, 2.45) is 0 Å². The van der Waals surface area contributed by atoms with Crippen LogP contribution in [0.3, 0.4) is 0 Å². The van der Waals surface area contributed by atoms with E-state index in [1.165, 1.54) is 12.1 Å². The van der Waals surface area contributed by atoms with Gasteiger partial charge in [0.25, 0.3) is 0 Å². The van der Waals surface area contributed by atoms with Crippen molar-refractivity contribution in [1.82, 2.24) is 9.88 Å². The number of aromatic nitrogens is 1. The van der Waals surface area contributed by atoms with Gasteiger partial charge in [0.05, 0.1) is 11.3 Å². The summed E-state index contributed by atoms with van der Waals surface area (Å²) in [5.74, 6) is -0.276. The molecule has 2 rings (SSSR count). The number of halogens is 1. The number of fused-ring (bicyclic) bond motifs is 1. The van der Waals surface area contributed by atoms with Crippen molar-refractivity contribution in [1.29, 1.82) is 0 Å². The van der Waals surface area contributed by atoms with E-state index in [1.54, 1.807) is 19.9 Å². The molecule has 1 aromatic heterocycles. The molecule has 0 radical (unpaired) electrons. The predicted molar refractivity (Wildman–Crippen MR) is 70.9 cm³/mol. The van der Waals surface area contributed by atoms with Crippen molar-refractivity contribution in [2.75, 3.05) is 14.1 Å². The number of nitrogens with zero attached hydrogens (tertiary/aromatic N) is 1. The van der Waals surface area contributed by atoms with Gasteiger partial charge in [-0.1, -0.05) is 0 Å². The maximum absolute atomic E-state index is 13.2. The average molecular weight is 250 g/mol. The van der Waals surface area contributed by atoms with Crippen LogP contribution in [0.5, 0.6) is 0 Å². The van der Waals surface area contributed by atoms with Gasteiger partial charge in [0.15, 0.2) is 0 Å². The van der Waals surface area contributed by atoms with Crippen LogP contribution in [0.4, 0.5) is 4.39 Å². The molecule has 2 N–H and O–H groups in total. The largest absolute Gasteiger partial charge is 0.384 e. The molecule has 2 aromatic rings. The number of aliphatic hydroxyl groups is 1. The zero-order valence-electron chi connectivity index (χ0n) is 11.2. The van der Waals surface area contributed by atoms with Gasteiger partial charge in [-0.05, 0) is 51.7 Å². The lowest BCUT2D eigenvalue weighted by Gasteiger charge is -2.20. The van der Waals surface area contributed by atoms with Gasteiger partial charge in [-0.15, -0.1) is 0 Å². The third kappa shape index (κ3) is 2.40. The Morgan fingerprint density at radius 3 is 2.56 bits per heavy atom. The van der Waals surface area contributed by atoms with Crippen molar-refractivity contribution in [3.05, 3.63) is 35.3 Å². The fourth-order valence-corrected chi connectivity index (χ4v) is 2.23. The number of H-pyrrole nitrogens is 1. The number of benzene rings is 1. The molecule has 0 aliphatic carbocycles. The Hall–Kier alpha value is -1.39. The predicted octanol–water partition coefficient (Wildman–Crippen LogP) is 2.60. The molecule has 4 heteroatoms. The molecule has 0 amide bonds. The second-order valence-corrected chi connectivity index (χ2v) is 5.47. The van der Waals surface area contributed by atoms with Crippen molar-refractivity contribution in [3.8, 4) is 0 Å².